The van der Waals surface area contributed by atoms with Crippen LogP contribution >= 0.6 is 0 Å². The van der Waals surface area contributed by atoms with E-state index in [4.69, 9.17) is 4.74 Å². The third kappa shape index (κ3) is 5.06. The number of carbonyl (C=O) groups excluding carboxylic acids is 2. The summed E-state index contributed by atoms with van der Waals surface area (Å²) in [6, 6.07) is 13.4. The van der Waals surface area contributed by atoms with E-state index in [1.807, 2.05) is 44.2 Å². The van der Waals surface area contributed by atoms with Crippen molar-refractivity contribution in [3.05, 3.63) is 65.9 Å². The molecule has 0 aliphatic carbocycles. The number of sulfonamides is 1. The van der Waals surface area contributed by atoms with Crippen LogP contribution in [0.15, 0.2) is 59.6 Å². The van der Waals surface area contributed by atoms with Crippen molar-refractivity contribution in [2.75, 3.05) is 18.4 Å². The molecule has 2 aliphatic rings. The summed E-state index contributed by atoms with van der Waals surface area (Å²) in [5, 5.41) is 2.82. The molecule has 180 valence electrons. The van der Waals surface area contributed by atoms with E-state index in [1.165, 1.54) is 23.4 Å². The minimum Gasteiger partial charge on any atom is -0.373 e. The van der Waals surface area contributed by atoms with Gasteiger partial charge in [-0.15, -0.1) is 0 Å². The number of rotatable bonds is 5. The normalized spacial score (nSPS) is 22.8. The molecule has 2 aromatic carbocycles. The van der Waals surface area contributed by atoms with E-state index < -0.39 is 16.1 Å². The van der Waals surface area contributed by atoms with Gasteiger partial charge in [0.2, 0.25) is 21.8 Å². The van der Waals surface area contributed by atoms with Crippen molar-refractivity contribution in [1.82, 2.24) is 9.21 Å². The molecule has 0 radical (unpaired) electrons. The summed E-state index contributed by atoms with van der Waals surface area (Å²) >= 11 is 0. The van der Waals surface area contributed by atoms with Gasteiger partial charge < -0.3 is 15.0 Å². The highest BCUT2D eigenvalue weighted by atomic mass is 32.2. The van der Waals surface area contributed by atoms with E-state index in [-0.39, 0.29) is 35.3 Å². The van der Waals surface area contributed by atoms with Crippen LogP contribution < -0.4 is 5.32 Å². The SMILES string of the molecule is CC(=O)N1C=Cc2ccccc2[C@@H]1CC(=O)Nc1ccc(S(=O)(=O)N2C[C@H](C)O[C@@H](C)C2)cc1. The fourth-order valence-electron chi connectivity index (χ4n) is 4.49. The maximum Gasteiger partial charge on any atom is 0.243 e. The number of nitrogens with one attached hydrogen (secondary N) is 1. The van der Waals surface area contributed by atoms with Crippen LogP contribution in [0.4, 0.5) is 5.69 Å². The largest absolute Gasteiger partial charge is 0.373 e. The number of nitrogens with zero attached hydrogens (tertiary/aromatic N) is 2. The molecular weight excluding hydrogens is 454 g/mol. The van der Waals surface area contributed by atoms with Gasteiger partial charge in [0.25, 0.3) is 0 Å². The molecule has 2 aliphatic heterocycles. The maximum absolute atomic E-state index is 13.0. The molecule has 2 heterocycles. The van der Waals surface area contributed by atoms with Gasteiger partial charge in [0.15, 0.2) is 0 Å². The summed E-state index contributed by atoms with van der Waals surface area (Å²) in [4.78, 5) is 26.7. The van der Waals surface area contributed by atoms with Gasteiger partial charge in [0, 0.05) is 31.9 Å². The number of ether oxygens (including phenoxy) is 1. The minimum absolute atomic E-state index is 0.0739. The third-order valence-corrected chi connectivity index (χ3v) is 7.86. The summed E-state index contributed by atoms with van der Waals surface area (Å²) in [6.07, 6.45) is 3.29. The van der Waals surface area contributed by atoms with Crippen molar-refractivity contribution in [2.45, 2.75) is 50.3 Å². The Bertz CT molecular complexity index is 1200. The molecule has 1 saturated heterocycles. The van der Waals surface area contributed by atoms with Crippen molar-refractivity contribution < 1.29 is 22.7 Å². The summed E-state index contributed by atoms with van der Waals surface area (Å²) in [5.41, 5.74) is 2.37. The topological polar surface area (TPSA) is 96.0 Å². The Kier molecular flexibility index (Phi) is 6.88. The molecule has 2 amide bonds. The highest BCUT2D eigenvalue weighted by Crippen LogP contribution is 2.33. The summed E-state index contributed by atoms with van der Waals surface area (Å²) in [6.45, 7) is 5.78. The molecule has 4 rings (SSSR count). The predicted molar refractivity (Wildman–Crippen MR) is 129 cm³/mol. The Morgan fingerprint density at radius 1 is 1.03 bits per heavy atom. The number of hydrogen-bond donors (Lipinski definition) is 1. The van der Waals surface area contributed by atoms with E-state index in [0.29, 0.717) is 18.8 Å². The second-order valence-corrected chi connectivity index (χ2v) is 10.7. The Hall–Kier alpha value is -3.01. The first-order chi connectivity index (χ1) is 16.1. The molecule has 3 atom stereocenters. The zero-order valence-electron chi connectivity index (χ0n) is 19.5. The lowest BCUT2D eigenvalue weighted by Crippen LogP contribution is -2.48. The van der Waals surface area contributed by atoms with Gasteiger partial charge in [-0.3, -0.25) is 9.59 Å². The van der Waals surface area contributed by atoms with E-state index in [2.05, 4.69) is 5.32 Å². The molecule has 8 nitrogen and oxygen atoms in total. The van der Waals surface area contributed by atoms with Crippen molar-refractivity contribution in [2.24, 2.45) is 0 Å². The highest BCUT2D eigenvalue weighted by molar-refractivity contribution is 7.89. The first-order valence-electron chi connectivity index (χ1n) is 11.3. The molecule has 2 aromatic rings. The van der Waals surface area contributed by atoms with Crippen molar-refractivity contribution in [3.8, 4) is 0 Å². The Balaban J connectivity index is 1.46. The van der Waals surface area contributed by atoms with E-state index in [0.717, 1.165) is 11.1 Å². The van der Waals surface area contributed by atoms with Crippen molar-refractivity contribution in [1.29, 1.82) is 0 Å². The zero-order valence-corrected chi connectivity index (χ0v) is 20.3. The monoisotopic (exact) mass is 483 g/mol. The Labute approximate surface area is 200 Å². The van der Waals surface area contributed by atoms with Crippen LogP contribution in [-0.2, 0) is 24.3 Å². The van der Waals surface area contributed by atoms with E-state index in [1.54, 1.807) is 23.2 Å². The summed E-state index contributed by atoms with van der Waals surface area (Å²) in [7, 11) is -3.66. The lowest BCUT2D eigenvalue weighted by Gasteiger charge is -2.34. The first kappa shape index (κ1) is 24.1. The minimum atomic E-state index is -3.66. The van der Waals surface area contributed by atoms with Crippen LogP contribution in [0, 0.1) is 0 Å². The van der Waals surface area contributed by atoms with Gasteiger partial charge in [0.1, 0.15) is 0 Å². The van der Waals surface area contributed by atoms with Gasteiger partial charge in [-0.25, -0.2) is 8.42 Å². The van der Waals surface area contributed by atoms with Crippen molar-refractivity contribution in [3.63, 3.8) is 0 Å². The first-order valence-corrected chi connectivity index (χ1v) is 12.7. The van der Waals surface area contributed by atoms with Crippen LogP contribution in [0.2, 0.25) is 0 Å². The molecule has 1 fully saturated rings. The summed E-state index contributed by atoms with van der Waals surface area (Å²) < 4.78 is 33.1. The number of benzene rings is 2. The Morgan fingerprint density at radius 2 is 1.68 bits per heavy atom. The lowest BCUT2D eigenvalue weighted by molar-refractivity contribution is -0.129. The van der Waals surface area contributed by atoms with E-state index >= 15 is 0 Å². The molecule has 1 N–H and O–H groups in total. The molecular formula is C25H29N3O5S. The standard InChI is InChI=1S/C25H29N3O5S/c1-17-15-27(16-18(2)33-17)34(31,32)22-10-8-21(9-11-22)26-25(30)14-24-23-7-5-4-6-20(23)12-13-28(24)19(3)29/h4-13,17-18,24H,14-16H2,1-3H3,(H,26,30)/t17-,18-,24-/m0/s1. The van der Waals surface area contributed by atoms with Crippen LogP contribution in [0.25, 0.3) is 6.08 Å². The van der Waals surface area contributed by atoms with Crippen LogP contribution in [0.1, 0.15) is 44.4 Å². The van der Waals surface area contributed by atoms with Crippen LogP contribution in [-0.4, -0.2) is 54.7 Å². The molecule has 9 heteroatoms. The van der Waals surface area contributed by atoms with Crippen LogP contribution in [0.3, 0.4) is 0 Å². The summed E-state index contributed by atoms with van der Waals surface area (Å²) in [5.74, 6) is -0.419. The number of morpholine rings is 1. The molecule has 0 spiro atoms. The van der Waals surface area contributed by atoms with Gasteiger partial charge in [-0.1, -0.05) is 24.3 Å². The second kappa shape index (κ2) is 9.69. The van der Waals surface area contributed by atoms with Gasteiger partial charge >= 0.3 is 0 Å². The third-order valence-electron chi connectivity index (χ3n) is 6.01. The highest BCUT2D eigenvalue weighted by Gasteiger charge is 2.32. The second-order valence-electron chi connectivity index (χ2n) is 8.74. The van der Waals surface area contributed by atoms with Crippen LogP contribution in [0.5, 0.6) is 0 Å². The molecule has 0 aromatic heterocycles. The van der Waals surface area contributed by atoms with Gasteiger partial charge in [0.05, 0.1) is 29.6 Å². The number of carbonyl (C=O) groups is 2. The van der Waals surface area contributed by atoms with E-state index in [9.17, 15) is 18.0 Å². The van der Waals surface area contributed by atoms with Gasteiger partial charge in [-0.2, -0.15) is 4.31 Å². The van der Waals surface area contributed by atoms with Gasteiger partial charge in [-0.05, 0) is 55.3 Å². The van der Waals surface area contributed by atoms with Crippen molar-refractivity contribution >= 4 is 33.6 Å². The lowest BCUT2D eigenvalue weighted by atomic mass is 9.93. The molecule has 0 bridgehead atoms. The fourth-order valence-corrected chi connectivity index (χ4v) is 6.08. The molecule has 0 saturated carbocycles. The quantitative estimate of drug-likeness (QED) is 0.703. The number of amides is 2. The fraction of sp³-hybridized carbons (Fsp3) is 0.360. The Morgan fingerprint density at radius 3 is 2.32 bits per heavy atom. The number of anilines is 1. The smallest absolute Gasteiger partial charge is 0.243 e. The number of fused-ring (bicyclic) bond motifs is 1. The maximum atomic E-state index is 13.0. The average Bonchev–Trinajstić information content (AvgIpc) is 2.79. The average molecular weight is 484 g/mol. The zero-order chi connectivity index (χ0) is 24.5. The number of hydrogen-bond acceptors (Lipinski definition) is 5. The molecule has 0 unspecified atom stereocenters. The predicted octanol–water partition coefficient (Wildman–Crippen LogP) is 3.39. The molecule has 34 heavy (non-hydrogen) atoms.